The summed E-state index contributed by atoms with van der Waals surface area (Å²) in [5, 5.41) is 3.66. The minimum absolute atomic E-state index is 0.645. The van der Waals surface area contributed by atoms with Gasteiger partial charge in [0.15, 0.2) is 0 Å². The fraction of sp³-hybridized carbons (Fsp3) is 0.625. The molecule has 18 heavy (non-hydrogen) atoms. The average molecular weight is 247 g/mol. The zero-order valence-electron chi connectivity index (χ0n) is 11.6. The lowest BCUT2D eigenvalue weighted by Crippen LogP contribution is -2.31. The molecule has 0 spiro atoms. The van der Waals surface area contributed by atoms with E-state index in [1.165, 1.54) is 36.8 Å². The van der Waals surface area contributed by atoms with Crippen molar-refractivity contribution in [2.75, 3.05) is 7.11 Å². The second-order valence-electron chi connectivity index (χ2n) is 5.46. The molecule has 1 aromatic rings. The van der Waals surface area contributed by atoms with E-state index in [1.54, 1.807) is 7.11 Å². The van der Waals surface area contributed by atoms with Crippen LogP contribution in [0.2, 0.25) is 0 Å². The summed E-state index contributed by atoms with van der Waals surface area (Å²) in [5.41, 5.74) is 2.60. The summed E-state index contributed by atoms with van der Waals surface area (Å²) in [5.74, 6) is 0.887. The molecule has 0 radical (unpaired) electrons. The maximum absolute atomic E-state index is 5.12. The molecule has 2 rings (SSSR count). The molecule has 0 heterocycles. The molecular formula is C16H25NO. The highest BCUT2D eigenvalue weighted by Gasteiger charge is 2.20. The van der Waals surface area contributed by atoms with Gasteiger partial charge in [0, 0.05) is 19.7 Å². The summed E-state index contributed by atoms with van der Waals surface area (Å²) in [4.78, 5) is 0. The molecule has 0 saturated heterocycles. The number of hydrogen-bond donors (Lipinski definition) is 1. The Balaban J connectivity index is 1.78. The molecule has 0 bridgehead atoms. The number of nitrogens with one attached hydrogen (secondary N) is 1. The zero-order valence-corrected chi connectivity index (χ0v) is 11.6. The Hall–Kier alpha value is -0.860. The van der Waals surface area contributed by atoms with Crippen LogP contribution in [0.3, 0.4) is 0 Å². The van der Waals surface area contributed by atoms with Crippen molar-refractivity contribution in [2.24, 2.45) is 5.92 Å². The van der Waals surface area contributed by atoms with Crippen molar-refractivity contribution in [3.8, 4) is 0 Å². The summed E-state index contributed by atoms with van der Waals surface area (Å²) in [6.45, 7) is 4.01. The van der Waals surface area contributed by atoms with E-state index >= 15 is 0 Å². The third kappa shape index (κ3) is 3.82. The summed E-state index contributed by atoms with van der Waals surface area (Å²) < 4.78 is 5.12. The monoisotopic (exact) mass is 247 g/mol. The number of rotatable bonds is 6. The minimum Gasteiger partial charge on any atom is -0.380 e. The minimum atomic E-state index is 0.645. The van der Waals surface area contributed by atoms with Gasteiger partial charge in [-0.25, -0.2) is 0 Å². The number of ether oxygens (including phenoxy) is 1. The molecule has 1 N–H and O–H groups in total. The van der Waals surface area contributed by atoms with Crippen molar-refractivity contribution in [3.63, 3.8) is 0 Å². The topological polar surface area (TPSA) is 21.3 Å². The van der Waals surface area contributed by atoms with Gasteiger partial charge < -0.3 is 10.1 Å². The van der Waals surface area contributed by atoms with E-state index in [0.717, 1.165) is 12.5 Å². The van der Waals surface area contributed by atoms with Gasteiger partial charge in [-0.05, 0) is 36.8 Å². The third-order valence-electron chi connectivity index (χ3n) is 4.07. The first-order valence-electron chi connectivity index (χ1n) is 7.09. The van der Waals surface area contributed by atoms with Crippen LogP contribution in [0.5, 0.6) is 0 Å². The number of methoxy groups -OCH3 is 1. The molecule has 0 unspecified atom stereocenters. The molecule has 2 heteroatoms. The van der Waals surface area contributed by atoms with Crippen LogP contribution in [0.15, 0.2) is 24.3 Å². The lowest BCUT2D eigenvalue weighted by molar-refractivity contribution is 0.185. The molecule has 1 saturated carbocycles. The largest absolute Gasteiger partial charge is 0.380 e. The molecule has 2 nitrogen and oxygen atoms in total. The zero-order chi connectivity index (χ0) is 12.8. The Morgan fingerprint density at radius 1 is 1.17 bits per heavy atom. The van der Waals surface area contributed by atoms with Gasteiger partial charge in [-0.15, -0.1) is 0 Å². The Morgan fingerprint density at radius 2 is 1.78 bits per heavy atom. The molecule has 1 atom stereocenters. The molecule has 0 aliphatic heterocycles. The highest BCUT2D eigenvalue weighted by molar-refractivity contribution is 5.22. The summed E-state index contributed by atoms with van der Waals surface area (Å²) in [6.07, 6.45) is 5.65. The van der Waals surface area contributed by atoms with E-state index in [9.17, 15) is 0 Å². The standard InChI is InChI=1S/C16H25NO/c1-13(16-5-3-4-6-16)17-11-14-7-9-15(10-8-14)12-18-2/h7-10,13,16-17H,3-6,11-12H2,1-2H3/t13-/m0/s1. The quantitative estimate of drug-likeness (QED) is 0.830. The van der Waals surface area contributed by atoms with Crippen LogP contribution in [0.1, 0.15) is 43.7 Å². The van der Waals surface area contributed by atoms with E-state index in [1.807, 2.05) is 0 Å². The predicted octanol–water partition coefficient (Wildman–Crippen LogP) is 3.50. The molecule has 1 aliphatic rings. The average Bonchev–Trinajstić information content (AvgIpc) is 2.92. The van der Waals surface area contributed by atoms with Crippen LogP contribution in [0.25, 0.3) is 0 Å². The van der Waals surface area contributed by atoms with Crippen LogP contribution in [0, 0.1) is 5.92 Å². The van der Waals surface area contributed by atoms with Gasteiger partial charge in [-0.1, -0.05) is 37.1 Å². The van der Waals surface area contributed by atoms with Crippen LogP contribution >= 0.6 is 0 Å². The third-order valence-corrected chi connectivity index (χ3v) is 4.07. The van der Waals surface area contributed by atoms with Crippen LogP contribution in [-0.2, 0) is 17.9 Å². The van der Waals surface area contributed by atoms with E-state index in [-0.39, 0.29) is 0 Å². The van der Waals surface area contributed by atoms with E-state index < -0.39 is 0 Å². The molecule has 0 aromatic heterocycles. The Labute approximate surface area is 111 Å². The van der Waals surface area contributed by atoms with Gasteiger partial charge in [0.1, 0.15) is 0 Å². The van der Waals surface area contributed by atoms with Gasteiger partial charge in [0.05, 0.1) is 6.61 Å². The Bertz CT molecular complexity index is 341. The SMILES string of the molecule is COCc1ccc(CN[C@@H](C)C2CCCC2)cc1. The first-order valence-corrected chi connectivity index (χ1v) is 7.09. The van der Waals surface area contributed by atoms with Crippen molar-refractivity contribution >= 4 is 0 Å². The van der Waals surface area contributed by atoms with Crippen LogP contribution < -0.4 is 5.32 Å². The maximum atomic E-state index is 5.12. The number of benzene rings is 1. The lowest BCUT2D eigenvalue weighted by atomic mass is 9.99. The molecular weight excluding hydrogens is 222 g/mol. The van der Waals surface area contributed by atoms with Crippen LogP contribution in [0.4, 0.5) is 0 Å². The van der Waals surface area contributed by atoms with Gasteiger partial charge in [0.25, 0.3) is 0 Å². The highest BCUT2D eigenvalue weighted by atomic mass is 16.5. The highest BCUT2D eigenvalue weighted by Crippen LogP contribution is 2.27. The fourth-order valence-corrected chi connectivity index (χ4v) is 2.82. The maximum Gasteiger partial charge on any atom is 0.0713 e. The van der Waals surface area contributed by atoms with Gasteiger partial charge >= 0.3 is 0 Å². The van der Waals surface area contributed by atoms with Crippen molar-refractivity contribution in [3.05, 3.63) is 35.4 Å². The van der Waals surface area contributed by atoms with Crippen LogP contribution in [-0.4, -0.2) is 13.2 Å². The van der Waals surface area contributed by atoms with Gasteiger partial charge in [-0.3, -0.25) is 0 Å². The van der Waals surface area contributed by atoms with E-state index in [2.05, 4.69) is 36.5 Å². The van der Waals surface area contributed by atoms with Gasteiger partial charge in [-0.2, -0.15) is 0 Å². The van der Waals surface area contributed by atoms with Gasteiger partial charge in [0.2, 0.25) is 0 Å². The van der Waals surface area contributed by atoms with E-state index in [4.69, 9.17) is 4.74 Å². The second-order valence-corrected chi connectivity index (χ2v) is 5.46. The summed E-state index contributed by atoms with van der Waals surface area (Å²) in [7, 11) is 1.73. The van der Waals surface area contributed by atoms with Crippen molar-refractivity contribution in [1.82, 2.24) is 5.32 Å². The Morgan fingerprint density at radius 3 is 2.39 bits per heavy atom. The molecule has 100 valence electrons. The molecule has 1 aliphatic carbocycles. The van der Waals surface area contributed by atoms with Crippen molar-refractivity contribution in [2.45, 2.75) is 51.8 Å². The lowest BCUT2D eigenvalue weighted by Gasteiger charge is -2.20. The predicted molar refractivity (Wildman–Crippen MR) is 75.4 cm³/mol. The van der Waals surface area contributed by atoms with E-state index in [0.29, 0.717) is 12.6 Å². The molecule has 1 fully saturated rings. The first-order chi connectivity index (χ1) is 8.79. The number of hydrogen-bond acceptors (Lipinski definition) is 2. The van der Waals surface area contributed by atoms with Crippen molar-refractivity contribution in [1.29, 1.82) is 0 Å². The Kier molecular flexibility index (Phi) is 5.21. The smallest absolute Gasteiger partial charge is 0.0713 e. The fourth-order valence-electron chi connectivity index (χ4n) is 2.82. The summed E-state index contributed by atoms with van der Waals surface area (Å²) >= 11 is 0. The first kappa shape index (κ1) is 13.6. The second kappa shape index (κ2) is 6.91. The molecule has 0 amide bonds. The van der Waals surface area contributed by atoms with Crippen molar-refractivity contribution < 1.29 is 4.74 Å². The molecule has 1 aromatic carbocycles. The summed E-state index contributed by atoms with van der Waals surface area (Å²) in [6, 6.07) is 9.35. The normalized spacial score (nSPS) is 18.1.